The molecule has 36 valence electrons. The fourth-order valence-electron chi connectivity index (χ4n) is 0. The predicted octanol–water partition coefficient (Wildman–Crippen LogP) is -2.14. The van der Waals surface area contributed by atoms with Crippen molar-refractivity contribution in [2.24, 2.45) is 0 Å². The quantitative estimate of drug-likeness (QED) is 0.323. The number of hydrogen-bond donors (Lipinski definition) is 0. The summed E-state index contributed by atoms with van der Waals surface area (Å²) in [7, 11) is 0. The molecule has 0 aromatic carbocycles. The van der Waals surface area contributed by atoms with Crippen LogP contribution in [0.15, 0.2) is 0 Å². The van der Waals surface area contributed by atoms with Crippen LogP contribution in [0.2, 0.25) is 0 Å². The van der Waals surface area contributed by atoms with Gasteiger partial charge in [-0.25, -0.2) is 0 Å². The minimum atomic E-state index is 0. The van der Waals surface area contributed by atoms with E-state index < -0.39 is 0 Å². The first-order chi connectivity index (χ1) is 1.91. The Hall–Kier alpha value is 2.01. The van der Waals surface area contributed by atoms with Gasteiger partial charge in [-0.2, -0.15) is 6.42 Å². The molecule has 0 saturated heterocycles. The van der Waals surface area contributed by atoms with Crippen LogP contribution >= 0.6 is 0 Å². The van der Waals surface area contributed by atoms with E-state index in [0.717, 1.165) is 6.42 Å². The van der Waals surface area contributed by atoms with Crippen molar-refractivity contribution in [3.05, 3.63) is 6.92 Å². The third-order valence-corrected chi connectivity index (χ3v) is 0.354. The Labute approximate surface area is 88.9 Å². The standard InChI is InChI=1S/C4H9.BrH.2Mg/c1-3-4-2;;;/h1,3-4H2,2H3;1H;;/q-1;;;+2/p-1. The van der Waals surface area contributed by atoms with Crippen LogP contribution in [0, 0.1) is 6.92 Å². The van der Waals surface area contributed by atoms with Crippen LogP contribution < -0.4 is 17.0 Å². The molecule has 0 spiro atoms. The van der Waals surface area contributed by atoms with Gasteiger partial charge in [-0.3, -0.25) is 0 Å². The van der Waals surface area contributed by atoms with E-state index in [0.29, 0.717) is 0 Å². The Morgan fingerprint density at radius 1 is 1.43 bits per heavy atom. The molecule has 0 amide bonds. The van der Waals surface area contributed by atoms with Crippen molar-refractivity contribution < 1.29 is 17.0 Å². The average molecular weight is 186 g/mol. The van der Waals surface area contributed by atoms with Gasteiger partial charge >= 0.3 is 23.1 Å². The molecule has 0 aliphatic heterocycles. The minimum absolute atomic E-state index is 0. The van der Waals surface area contributed by atoms with Crippen LogP contribution in [0.3, 0.4) is 0 Å². The number of halogens is 1. The van der Waals surface area contributed by atoms with E-state index in [1.165, 1.54) is 6.42 Å². The molecule has 0 fully saturated rings. The van der Waals surface area contributed by atoms with Gasteiger partial charge in [0.1, 0.15) is 0 Å². The van der Waals surface area contributed by atoms with Crippen molar-refractivity contribution in [1.82, 2.24) is 0 Å². The van der Waals surface area contributed by atoms with Gasteiger partial charge in [0.15, 0.2) is 0 Å². The zero-order valence-corrected chi connectivity index (χ0v) is 9.33. The van der Waals surface area contributed by atoms with Crippen LogP contribution in [0.25, 0.3) is 0 Å². The van der Waals surface area contributed by atoms with Gasteiger partial charge in [0, 0.05) is 23.1 Å². The first-order valence-corrected chi connectivity index (χ1v) is 1.71. The molecule has 0 aromatic heterocycles. The van der Waals surface area contributed by atoms with Crippen molar-refractivity contribution in [2.45, 2.75) is 19.8 Å². The van der Waals surface area contributed by atoms with Crippen molar-refractivity contribution in [1.29, 1.82) is 0 Å². The molecule has 0 atom stereocenters. The Balaban J connectivity index is -0.0000000150. The van der Waals surface area contributed by atoms with Crippen LogP contribution in [-0.4, -0.2) is 46.1 Å². The van der Waals surface area contributed by atoms with Gasteiger partial charge in [0.25, 0.3) is 0 Å². The first-order valence-electron chi connectivity index (χ1n) is 1.71. The molecule has 3 heteroatoms. The van der Waals surface area contributed by atoms with Gasteiger partial charge in [0.05, 0.1) is 0 Å². The Morgan fingerprint density at radius 2 is 1.57 bits per heavy atom. The SMILES string of the molecule is [Br-].[CH2-]CCC.[Mg+2].[Mg]. The maximum atomic E-state index is 3.60. The van der Waals surface area contributed by atoms with Crippen LogP contribution in [0.4, 0.5) is 0 Å². The number of unbranched alkanes of at least 4 members (excludes halogenated alkanes) is 1. The summed E-state index contributed by atoms with van der Waals surface area (Å²) in [5, 5.41) is 0. The molecule has 0 saturated carbocycles. The molecule has 0 N–H and O–H groups in total. The molecule has 0 bridgehead atoms. The van der Waals surface area contributed by atoms with Gasteiger partial charge in [-0.05, 0) is 0 Å². The van der Waals surface area contributed by atoms with Gasteiger partial charge in [0.2, 0.25) is 0 Å². The summed E-state index contributed by atoms with van der Waals surface area (Å²) in [5.41, 5.74) is 0. The maximum Gasteiger partial charge on any atom is 2.00 e. The number of rotatable bonds is 1. The predicted molar refractivity (Wildman–Crippen MR) is 31.8 cm³/mol. The molecule has 0 heterocycles. The third kappa shape index (κ3) is 31.9. The van der Waals surface area contributed by atoms with E-state index in [1.807, 2.05) is 0 Å². The summed E-state index contributed by atoms with van der Waals surface area (Å²) < 4.78 is 0. The van der Waals surface area contributed by atoms with E-state index in [-0.39, 0.29) is 63.1 Å². The summed E-state index contributed by atoms with van der Waals surface area (Å²) >= 11 is 0. The maximum absolute atomic E-state index is 3.60. The fourth-order valence-corrected chi connectivity index (χ4v) is 0. The molecule has 2 radical (unpaired) electrons. The van der Waals surface area contributed by atoms with E-state index in [9.17, 15) is 0 Å². The number of hydrogen-bond acceptors (Lipinski definition) is 0. The summed E-state index contributed by atoms with van der Waals surface area (Å²) in [4.78, 5) is 0. The monoisotopic (exact) mass is 184 g/mol. The topological polar surface area (TPSA) is 0 Å². The van der Waals surface area contributed by atoms with E-state index in [4.69, 9.17) is 0 Å². The molecular weight excluding hydrogens is 177 g/mol. The normalized spacial score (nSPS) is 4.29. The first kappa shape index (κ1) is 23.0. The molecule has 0 aliphatic carbocycles. The largest absolute Gasteiger partial charge is 2.00 e. The van der Waals surface area contributed by atoms with Crippen LogP contribution in [-0.2, 0) is 0 Å². The van der Waals surface area contributed by atoms with E-state index >= 15 is 0 Å². The molecule has 0 aliphatic rings. The third-order valence-electron chi connectivity index (χ3n) is 0.354. The molecule has 0 aromatic rings. The summed E-state index contributed by atoms with van der Waals surface area (Å²) in [6.45, 7) is 5.72. The van der Waals surface area contributed by atoms with Gasteiger partial charge < -0.3 is 23.9 Å². The summed E-state index contributed by atoms with van der Waals surface area (Å²) in [5.74, 6) is 0. The summed E-state index contributed by atoms with van der Waals surface area (Å²) in [6.07, 6.45) is 2.28. The Kier molecular flexibility index (Phi) is 80.5. The smallest absolute Gasteiger partial charge is 1.00 e. The molecule has 0 unspecified atom stereocenters. The molecule has 7 heavy (non-hydrogen) atoms. The Bertz CT molecular complexity index is 11.7. The van der Waals surface area contributed by atoms with E-state index in [1.54, 1.807) is 0 Å². The van der Waals surface area contributed by atoms with Gasteiger partial charge in [-0.15, -0.1) is 0 Å². The van der Waals surface area contributed by atoms with Crippen LogP contribution in [0.5, 0.6) is 0 Å². The Morgan fingerprint density at radius 3 is 1.57 bits per heavy atom. The minimum Gasteiger partial charge on any atom is -1.00 e. The van der Waals surface area contributed by atoms with E-state index in [2.05, 4.69) is 13.8 Å². The summed E-state index contributed by atoms with van der Waals surface area (Å²) in [6, 6.07) is 0. The van der Waals surface area contributed by atoms with Crippen molar-refractivity contribution in [2.75, 3.05) is 0 Å². The molecular formula is C4H9BrMg2. The van der Waals surface area contributed by atoms with Crippen molar-refractivity contribution >= 4 is 46.1 Å². The van der Waals surface area contributed by atoms with Gasteiger partial charge in [-0.1, -0.05) is 13.3 Å². The molecule has 0 rings (SSSR count). The molecule has 0 nitrogen and oxygen atoms in total. The van der Waals surface area contributed by atoms with Crippen LogP contribution in [0.1, 0.15) is 19.8 Å². The fraction of sp³-hybridized carbons (Fsp3) is 0.750. The van der Waals surface area contributed by atoms with Crippen molar-refractivity contribution in [3.63, 3.8) is 0 Å². The second-order valence-electron chi connectivity index (χ2n) is 0.854. The second kappa shape index (κ2) is 24.5. The zero-order chi connectivity index (χ0) is 3.41. The zero-order valence-electron chi connectivity index (χ0n) is 4.91. The van der Waals surface area contributed by atoms with Crippen molar-refractivity contribution in [3.8, 4) is 0 Å². The average Bonchev–Trinajstić information content (AvgIpc) is 1.37. The second-order valence-corrected chi connectivity index (χ2v) is 0.854.